The first-order valence-electron chi connectivity index (χ1n) is 8.50. The molecule has 25 heavy (non-hydrogen) atoms. The quantitative estimate of drug-likeness (QED) is 0.653. The van der Waals surface area contributed by atoms with Crippen molar-refractivity contribution in [3.05, 3.63) is 50.1 Å². The van der Waals surface area contributed by atoms with E-state index in [4.69, 9.17) is 0 Å². The maximum absolute atomic E-state index is 12.8. The molecule has 3 rings (SSSR count). The minimum Gasteiger partial charge on any atom is -0.348 e. The molecule has 5 nitrogen and oxygen atoms in total. The van der Waals surface area contributed by atoms with Gasteiger partial charge < -0.3 is 4.57 Å². The molecule has 0 aliphatic rings. The van der Waals surface area contributed by atoms with Crippen molar-refractivity contribution >= 4 is 27.3 Å². The highest BCUT2D eigenvalue weighted by molar-refractivity contribution is 7.18. The minimum absolute atomic E-state index is 0.0204. The Balaban J connectivity index is 1.98. The van der Waals surface area contributed by atoms with Gasteiger partial charge in [0, 0.05) is 28.4 Å². The fraction of sp³-hybridized carbons (Fsp3) is 0.421. The number of carbonyl (C=O) groups is 1. The second-order valence-electron chi connectivity index (χ2n) is 6.50. The molecule has 0 spiro atoms. The van der Waals surface area contributed by atoms with Crippen LogP contribution in [0.25, 0.3) is 10.2 Å². The topological polar surface area (TPSA) is 56.9 Å². The van der Waals surface area contributed by atoms with Gasteiger partial charge in [-0.15, -0.1) is 11.3 Å². The summed E-state index contributed by atoms with van der Waals surface area (Å²) in [4.78, 5) is 31.7. The normalized spacial score (nSPS) is 11.4. The van der Waals surface area contributed by atoms with Gasteiger partial charge in [0.1, 0.15) is 4.83 Å². The Kier molecular flexibility index (Phi) is 4.64. The van der Waals surface area contributed by atoms with Crippen LogP contribution in [0.1, 0.15) is 45.5 Å². The van der Waals surface area contributed by atoms with E-state index in [0.29, 0.717) is 10.9 Å². The Morgan fingerprint density at radius 2 is 1.96 bits per heavy atom. The molecular weight excluding hydrogens is 334 g/mol. The third kappa shape index (κ3) is 2.95. The van der Waals surface area contributed by atoms with Crippen molar-refractivity contribution in [2.24, 2.45) is 0 Å². The summed E-state index contributed by atoms with van der Waals surface area (Å²) < 4.78 is 3.58. The van der Waals surface area contributed by atoms with E-state index >= 15 is 0 Å². The first kappa shape index (κ1) is 17.6. The maximum Gasteiger partial charge on any atom is 0.262 e. The standard InChI is InChI=1S/C19H23N3O2S/c1-6-7-22-11(2)8-15(13(22)4)16(23)9-21-10-20-18-17(19(21)24)12(3)14(5)25-18/h8,10H,6-7,9H2,1-5H3. The van der Waals surface area contributed by atoms with Crippen molar-refractivity contribution in [3.63, 3.8) is 0 Å². The number of carbonyl (C=O) groups excluding carboxylic acids is 1. The number of hydrogen-bond acceptors (Lipinski definition) is 4. The number of rotatable bonds is 5. The molecule has 0 amide bonds. The molecule has 3 aromatic heterocycles. The first-order valence-corrected chi connectivity index (χ1v) is 9.31. The second kappa shape index (κ2) is 6.59. The Morgan fingerprint density at radius 3 is 2.64 bits per heavy atom. The summed E-state index contributed by atoms with van der Waals surface area (Å²) in [5.74, 6) is -0.0525. The zero-order valence-electron chi connectivity index (χ0n) is 15.3. The highest BCUT2D eigenvalue weighted by Gasteiger charge is 2.18. The minimum atomic E-state index is -0.137. The summed E-state index contributed by atoms with van der Waals surface area (Å²) in [5.41, 5.74) is 3.56. The average Bonchev–Trinajstić information content (AvgIpc) is 3.01. The molecular formula is C19H23N3O2S. The van der Waals surface area contributed by atoms with E-state index in [9.17, 15) is 9.59 Å². The van der Waals surface area contributed by atoms with Crippen LogP contribution in [0.4, 0.5) is 0 Å². The SMILES string of the molecule is CCCn1c(C)cc(C(=O)Cn2cnc3sc(C)c(C)c3c2=O)c1C. The van der Waals surface area contributed by atoms with Crippen molar-refractivity contribution in [1.82, 2.24) is 14.1 Å². The molecule has 6 heteroatoms. The summed E-state index contributed by atoms with van der Waals surface area (Å²) in [6.07, 6.45) is 2.50. The molecule has 132 valence electrons. The predicted molar refractivity (Wildman–Crippen MR) is 102 cm³/mol. The van der Waals surface area contributed by atoms with Crippen LogP contribution in [-0.4, -0.2) is 19.9 Å². The van der Waals surface area contributed by atoms with E-state index in [1.54, 1.807) is 0 Å². The number of Topliss-reactive ketones (excluding diaryl/α,β-unsaturated/α-hetero) is 1. The van der Waals surface area contributed by atoms with Crippen molar-refractivity contribution in [2.45, 2.75) is 54.1 Å². The number of thiophene rings is 1. The Morgan fingerprint density at radius 1 is 1.24 bits per heavy atom. The van der Waals surface area contributed by atoms with E-state index in [1.807, 2.05) is 33.8 Å². The van der Waals surface area contributed by atoms with E-state index < -0.39 is 0 Å². The van der Waals surface area contributed by atoms with Crippen LogP contribution >= 0.6 is 11.3 Å². The maximum atomic E-state index is 12.8. The van der Waals surface area contributed by atoms with E-state index in [0.717, 1.165) is 39.6 Å². The highest BCUT2D eigenvalue weighted by atomic mass is 32.1. The fourth-order valence-electron chi connectivity index (χ4n) is 3.27. The molecule has 0 aromatic carbocycles. The highest BCUT2D eigenvalue weighted by Crippen LogP contribution is 2.25. The van der Waals surface area contributed by atoms with Crippen LogP contribution in [-0.2, 0) is 13.1 Å². The fourth-order valence-corrected chi connectivity index (χ4v) is 4.26. The largest absolute Gasteiger partial charge is 0.348 e. The monoisotopic (exact) mass is 357 g/mol. The smallest absolute Gasteiger partial charge is 0.262 e. The van der Waals surface area contributed by atoms with Gasteiger partial charge in [-0.3, -0.25) is 14.2 Å². The molecule has 3 heterocycles. The lowest BCUT2D eigenvalue weighted by molar-refractivity contribution is 0.0970. The average molecular weight is 357 g/mol. The molecule has 0 saturated carbocycles. The van der Waals surface area contributed by atoms with Crippen LogP contribution in [0.5, 0.6) is 0 Å². The van der Waals surface area contributed by atoms with Gasteiger partial charge in [0.05, 0.1) is 18.3 Å². The summed E-state index contributed by atoms with van der Waals surface area (Å²) >= 11 is 1.52. The summed E-state index contributed by atoms with van der Waals surface area (Å²) in [5, 5.41) is 0.634. The van der Waals surface area contributed by atoms with Gasteiger partial charge >= 0.3 is 0 Å². The van der Waals surface area contributed by atoms with Crippen molar-refractivity contribution in [1.29, 1.82) is 0 Å². The van der Waals surface area contributed by atoms with Crippen LogP contribution in [0.15, 0.2) is 17.2 Å². The summed E-state index contributed by atoms with van der Waals surface area (Å²) in [6, 6.07) is 1.92. The van der Waals surface area contributed by atoms with Gasteiger partial charge in [-0.25, -0.2) is 4.98 Å². The number of ketones is 1. The third-order valence-electron chi connectivity index (χ3n) is 4.79. The molecule has 0 unspecified atom stereocenters. The first-order chi connectivity index (χ1) is 11.8. The zero-order chi connectivity index (χ0) is 18.3. The lowest BCUT2D eigenvalue weighted by Gasteiger charge is -2.08. The van der Waals surface area contributed by atoms with Gasteiger partial charge in [-0.05, 0) is 45.7 Å². The van der Waals surface area contributed by atoms with E-state index in [2.05, 4.69) is 16.5 Å². The van der Waals surface area contributed by atoms with Gasteiger partial charge in [-0.2, -0.15) is 0 Å². The number of aromatic nitrogens is 3. The predicted octanol–water partition coefficient (Wildman–Crippen LogP) is 3.79. The van der Waals surface area contributed by atoms with Crippen LogP contribution < -0.4 is 5.56 Å². The Hall–Kier alpha value is -2.21. The molecule has 0 N–H and O–H groups in total. The molecule has 0 aliphatic carbocycles. The summed E-state index contributed by atoms with van der Waals surface area (Å²) in [6.45, 7) is 10.9. The third-order valence-corrected chi connectivity index (χ3v) is 5.91. The molecule has 0 bridgehead atoms. The van der Waals surface area contributed by atoms with Crippen LogP contribution in [0, 0.1) is 27.7 Å². The van der Waals surface area contributed by atoms with Crippen molar-refractivity contribution in [3.8, 4) is 0 Å². The van der Waals surface area contributed by atoms with Gasteiger partial charge in [-0.1, -0.05) is 6.92 Å². The number of nitrogens with zero attached hydrogens (tertiary/aromatic N) is 3. The molecule has 0 aliphatic heterocycles. The second-order valence-corrected chi connectivity index (χ2v) is 7.70. The number of fused-ring (bicyclic) bond motifs is 1. The Bertz CT molecular complexity index is 1020. The van der Waals surface area contributed by atoms with Crippen molar-refractivity contribution < 1.29 is 4.79 Å². The van der Waals surface area contributed by atoms with Crippen LogP contribution in [0.2, 0.25) is 0 Å². The van der Waals surface area contributed by atoms with E-state index in [-0.39, 0.29) is 17.9 Å². The lowest BCUT2D eigenvalue weighted by atomic mass is 10.1. The van der Waals surface area contributed by atoms with Gasteiger partial charge in [0.2, 0.25) is 0 Å². The van der Waals surface area contributed by atoms with Crippen LogP contribution in [0.3, 0.4) is 0 Å². The van der Waals surface area contributed by atoms with E-state index in [1.165, 1.54) is 22.2 Å². The molecule has 0 atom stereocenters. The molecule has 0 saturated heterocycles. The molecule has 3 aromatic rings. The summed E-state index contributed by atoms with van der Waals surface area (Å²) in [7, 11) is 0. The van der Waals surface area contributed by atoms with Gasteiger partial charge in [0.15, 0.2) is 5.78 Å². The Labute approximate surface area is 150 Å². The van der Waals surface area contributed by atoms with Gasteiger partial charge in [0.25, 0.3) is 5.56 Å². The zero-order valence-corrected chi connectivity index (χ0v) is 16.2. The number of aryl methyl sites for hydroxylation is 3. The molecule has 0 radical (unpaired) electrons. The molecule has 0 fully saturated rings. The lowest BCUT2D eigenvalue weighted by Crippen LogP contribution is -2.25. The van der Waals surface area contributed by atoms with Crippen molar-refractivity contribution in [2.75, 3.05) is 0 Å². The number of hydrogen-bond donors (Lipinski definition) is 0.